The molecule has 2 aromatic carbocycles. The molecule has 5 nitrogen and oxygen atoms in total. The molecular formula is C28H33NO4. The highest BCUT2D eigenvalue weighted by Crippen LogP contribution is 2.35. The van der Waals surface area contributed by atoms with Crippen molar-refractivity contribution in [3.63, 3.8) is 0 Å². The standard InChI is InChI=1S/C28H33NO4/c1-18-10-11-21(20-8-6-5-7-9-20)15-22(18)16-23-12-13-25(33-23)28(30)29-27-19(2)14-24(31-3)17-26(27)32-4/h10-15,17,20H,5-9,16H2,1-4H3,(H,29,30). The molecule has 3 aromatic rings. The SMILES string of the molecule is COc1cc(C)c(NC(=O)c2ccc(Cc3cc(C4CCCCC4)ccc3C)o2)c(OC)c1. The van der Waals surface area contributed by atoms with Gasteiger partial charge in [-0.25, -0.2) is 0 Å². The zero-order valence-electron chi connectivity index (χ0n) is 20.0. The van der Waals surface area contributed by atoms with E-state index in [1.54, 1.807) is 26.4 Å². The lowest BCUT2D eigenvalue weighted by Gasteiger charge is -2.23. The zero-order valence-corrected chi connectivity index (χ0v) is 20.0. The van der Waals surface area contributed by atoms with E-state index in [0.29, 0.717) is 29.5 Å². The van der Waals surface area contributed by atoms with Crippen LogP contribution in [0.5, 0.6) is 11.5 Å². The fraction of sp³-hybridized carbons (Fsp3) is 0.393. The fourth-order valence-corrected chi connectivity index (χ4v) is 4.69. The minimum Gasteiger partial charge on any atom is -0.497 e. The average molecular weight is 448 g/mol. The number of benzene rings is 2. The van der Waals surface area contributed by atoms with Crippen molar-refractivity contribution >= 4 is 11.6 Å². The van der Waals surface area contributed by atoms with E-state index in [2.05, 4.69) is 30.4 Å². The van der Waals surface area contributed by atoms with Gasteiger partial charge in [0.2, 0.25) is 0 Å². The maximum absolute atomic E-state index is 12.9. The number of methoxy groups -OCH3 is 2. The van der Waals surface area contributed by atoms with Crippen LogP contribution >= 0.6 is 0 Å². The monoisotopic (exact) mass is 447 g/mol. The van der Waals surface area contributed by atoms with E-state index in [-0.39, 0.29) is 11.7 Å². The molecule has 174 valence electrons. The maximum Gasteiger partial charge on any atom is 0.291 e. The molecule has 0 saturated heterocycles. The predicted molar refractivity (Wildman–Crippen MR) is 131 cm³/mol. The number of hydrogen-bond acceptors (Lipinski definition) is 4. The molecular weight excluding hydrogens is 414 g/mol. The van der Waals surface area contributed by atoms with Crippen LogP contribution in [0.25, 0.3) is 0 Å². The lowest BCUT2D eigenvalue weighted by atomic mass is 9.83. The molecule has 0 bridgehead atoms. The largest absolute Gasteiger partial charge is 0.497 e. The predicted octanol–water partition coefficient (Wildman–Crippen LogP) is 6.80. The van der Waals surface area contributed by atoms with Gasteiger partial charge in [0.25, 0.3) is 5.91 Å². The summed E-state index contributed by atoms with van der Waals surface area (Å²) in [6.07, 6.45) is 7.23. The molecule has 1 N–H and O–H groups in total. The molecule has 0 radical (unpaired) electrons. The Hall–Kier alpha value is -3.21. The second kappa shape index (κ2) is 10.2. The van der Waals surface area contributed by atoms with Gasteiger partial charge in [0.1, 0.15) is 17.3 Å². The van der Waals surface area contributed by atoms with Crippen LogP contribution in [0.1, 0.15) is 76.6 Å². The molecule has 5 heteroatoms. The van der Waals surface area contributed by atoms with Gasteiger partial charge in [-0.15, -0.1) is 0 Å². The van der Waals surface area contributed by atoms with Crippen molar-refractivity contribution in [2.75, 3.05) is 19.5 Å². The molecule has 1 amide bonds. The van der Waals surface area contributed by atoms with Crippen LogP contribution in [0.4, 0.5) is 5.69 Å². The van der Waals surface area contributed by atoms with Crippen LogP contribution in [0.3, 0.4) is 0 Å². The molecule has 1 aliphatic rings. The van der Waals surface area contributed by atoms with Crippen molar-refractivity contribution < 1.29 is 18.7 Å². The smallest absolute Gasteiger partial charge is 0.291 e. The van der Waals surface area contributed by atoms with Gasteiger partial charge in [0.15, 0.2) is 5.76 Å². The summed E-state index contributed by atoms with van der Waals surface area (Å²) in [6, 6.07) is 14.1. The third kappa shape index (κ3) is 5.24. The summed E-state index contributed by atoms with van der Waals surface area (Å²) in [4.78, 5) is 12.9. The van der Waals surface area contributed by atoms with Gasteiger partial charge in [-0.1, -0.05) is 37.5 Å². The Morgan fingerprint density at radius 3 is 2.48 bits per heavy atom. The number of carbonyl (C=O) groups is 1. The first-order valence-corrected chi connectivity index (χ1v) is 11.7. The van der Waals surface area contributed by atoms with Crippen molar-refractivity contribution in [3.8, 4) is 11.5 Å². The topological polar surface area (TPSA) is 60.7 Å². The van der Waals surface area contributed by atoms with E-state index in [1.807, 2.05) is 19.1 Å². The summed E-state index contributed by atoms with van der Waals surface area (Å²) in [5, 5.41) is 2.92. The number of anilines is 1. The highest BCUT2D eigenvalue weighted by Gasteiger charge is 2.19. The van der Waals surface area contributed by atoms with Gasteiger partial charge >= 0.3 is 0 Å². The maximum atomic E-state index is 12.9. The molecule has 1 heterocycles. The van der Waals surface area contributed by atoms with Gasteiger partial charge in [0, 0.05) is 12.5 Å². The van der Waals surface area contributed by atoms with Crippen LogP contribution < -0.4 is 14.8 Å². The molecule has 0 atom stereocenters. The molecule has 0 aliphatic heterocycles. The van der Waals surface area contributed by atoms with E-state index in [0.717, 1.165) is 11.3 Å². The van der Waals surface area contributed by atoms with Gasteiger partial charge in [-0.2, -0.15) is 0 Å². The molecule has 0 unspecified atom stereocenters. The van der Waals surface area contributed by atoms with Crippen LogP contribution in [0.2, 0.25) is 0 Å². The second-order valence-corrected chi connectivity index (χ2v) is 8.94. The van der Waals surface area contributed by atoms with E-state index in [1.165, 1.54) is 48.8 Å². The number of rotatable bonds is 7. The first-order chi connectivity index (χ1) is 16.0. The van der Waals surface area contributed by atoms with Crippen LogP contribution in [0.15, 0.2) is 46.9 Å². The molecule has 4 rings (SSSR count). The van der Waals surface area contributed by atoms with E-state index >= 15 is 0 Å². The third-order valence-electron chi connectivity index (χ3n) is 6.67. The number of amides is 1. The summed E-state index contributed by atoms with van der Waals surface area (Å²) in [7, 11) is 3.17. The number of nitrogens with one attached hydrogen (secondary N) is 1. The van der Waals surface area contributed by atoms with Crippen molar-refractivity contribution in [3.05, 3.63) is 76.2 Å². The number of hydrogen-bond donors (Lipinski definition) is 1. The summed E-state index contributed by atoms with van der Waals surface area (Å²) in [5.41, 5.74) is 5.39. The summed E-state index contributed by atoms with van der Waals surface area (Å²) in [6.45, 7) is 4.03. The summed E-state index contributed by atoms with van der Waals surface area (Å²) < 4.78 is 16.7. The zero-order chi connectivity index (χ0) is 23.4. The number of ether oxygens (including phenoxy) is 2. The molecule has 1 saturated carbocycles. The first-order valence-electron chi connectivity index (χ1n) is 11.7. The van der Waals surface area contributed by atoms with Crippen molar-refractivity contribution in [1.29, 1.82) is 0 Å². The molecule has 1 fully saturated rings. The van der Waals surface area contributed by atoms with E-state index in [4.69, 9.17) is 13.9 Å². The van der Waals surface area contributed by atoms with Crippen LogP contribution in [-0.2, 0) is 6.42 Å². The van der Waals surface area contributed by atoms with Crippen molar-refractivity contribution in [2.24, 2.45) is 0 Å². The Bertz CT molecular complexity index is 1120. The number of furan rings is 1. The van der Waals surface area contributed by atoms with Gasteiger partial charge < -0.3 is 19.2 Å². The normalized spacial score (nSPS) is 14.2. The number of aryl methyl sites for hydroxylation is 2. The highest BCUT2D eigenvalue weighted by atomic mass is 16.5. The summed E-state index contributed by atoms with van der Waals surface area (Å²) in [5.74, 6) is 2.64. The highest BCUT2D eigenvalue weighted by molar-refractivity contribution is 6.03. The third-order valence-corrected chi connectivity index (χ3v) is 6.67. The Labute approximate surface area is 196 Å². The number of carbonyl (C=O) groups excluding carboxylic acids is 1. The van der Waals surface area contributed by atoms with Gasteiger partial charge in [-0.3, -0.25) is 4.79 Å². The Balaban J connectivity index is 1.49. The second-order valence-electron chi connectivity index (χ2n) is 8.94. The van der Waals surface area contributed by atoms with Crippen molar-refractivity contribution in [2.45, 2.75) is 58.3 Å². The molecule has 1 aromatic heterocycles. The Morgan fingerprint density at radius 1 is 0.970 bits per heavy atom. The molecule has 33 heavy (non-hydrogen) atoms. The van der Waals surface area contributed by atoms with Gasteiger partial charge in [-0.05, 0) is 73.1 Å². The Morgan fingerprint density at radius 2 is 1.76 bits per heavy atom. The van der Waals surface area contributed by atoms with Crippen LogP contribution in [0, 0.1) is 13.8 Å². The van der Waals surface area contributed by atoms with Crippen LogP contribution in [-0.4, -0.2) is 20.1 Å². The molecule has 0 spiro atoms. The minimum atomic E-state index is -0.305. The fourth-order valence-electron chi connectivity index (χ4n) is 4.69. The lowest BCUT2D eigenvalue weighted by Crippen LogP contribution is -2.13. The quantitative estimate of drug-likeness (QED) is 0.432. The van der Waals surface area contributed by atoms with Gasteiger partial charge in [0.05, 0.1) is 19.9 Å². The Kier molecular flexibility index (Phi) is 7.07. The summed E-state index contributed by atoms with van der Waals surface area (Å²) >= 11 is 0. The lowest BCUT2D eigenvalue weighted by molar-refractivity contribution is 0.0994. The first kappa shape index (κ1) is 23.0. The minimum absolute atomic E-state index is 0.281. The van der Waals surface area contributed by atoms with Crippen molar-refractivity contribution in [1.82, 2.24) is 0 Å². The van der Waals surface area contributed by atoms with E-state index < -0.39 is 0 Å². The van der Waals surface area contributed by atoms with E-state index in [9.17, 15) is 4.79 Å². The molecule has 1 aliphatic carbocycles. The average Bonchev–Trinajstić information content (AvgIpc) is 3.30.